The summed E-state index contributed by atoms with van der Waals surface area (Å²) in [6.45, 7) is 7.81. The van der Waals surface area contributed by atoms with E-state index in [1.807, 2.05) is 26.1 Å². The average Bonchev–Trinajstić information content (AvgIpc) is 3.15. The van der Waals surface area contributed by atoms with Crippen LogP contribution in [0.4, 0.5) is 0 Å². The van der Waals surface area contributed by atoms with E-state index in [4.69, 9.17) is 4.98 Å². The smallest absolute Gasteiger partial charge is 0.225 e. The van der Waals surface area contributed by atoms with Crippen molar-refractivity contribution in [2.45, 2.75) is 46.0 Å². The Morgan fingerprint density at radius 1 is 1.10 bits per heavy atom. The van der Waals surface area contributed by atoms with Gasteiger partial charge in [-0.3, -0.25) is 4.79 Å². The molecule has 4 rings (SSSR count). The molecular formula is C22H32N6O. The third kappa shape index (κ3) is 4.83. The Labute approximate surface area is 173 Å². The Balaban J connectivity index is 1.34. The molecule has 4 heterocycles. The predicted octanol–water partition coefficient (Wildman–Crippen LogP) is 2.61. The highest BCUT2D eigenvalue weighted by Crippen LogP contribution is 2.25. The number of carbonyl (C=O) groups is 1. The first-order chi connectivity index (χ1) is 14.0. The van der Waals surface area contributed by atoms with Gasteiger partial charge in [0.15, 0.2) is 5.82 Å². The SMILES string of the molecule is Cc1cc(-c2ncc(C)[nH]2)nc(CC2CCN(C(=O)C3CCN(C)CC3)CC2)n1. The summed E-state index contributed by atoms with van der Waals surface area (Å²) in [5.41, 5.74) is 2.85. The van der Waals surface area contributed by atoms with Crippen molar-refractivity contribution in [3.63, 3.8) is 0 Å². The third-order valence-electron chi connectivity index (χ3n) is 6.31. The van der Waals surface area contributed by atoms with Gasteiger partial charge in [0, 0.05) is 43.0 Å². The van der Waals surface area contributed by atoms with Crippen LogP contribution in [0.3, 0.4) is 0 Å². The van der Waals surface area contributed by atoms with Crippen LogP contribution in [0.25, 0.3) is 11.5 Å². The molecule has 0 aromatic carbocycles. The van der Waals surface area contributed by atoms with Crippen molar-refractivity contribution >= 4 is 5.91 Å². The molecule has 1 amide bonds. The molecule has 0 bridgehead atoms. The van der Waals surface area contributed by atoms with E-state index in [0.29, 0.717) is 11.8 Å². The number of imidazole rings is 1. The molecule has 0 atom stereocenters. The van der Waals surface area contributed by atoms with E-state index in [2.05, 4.69) is 31.8 Å². The number of hydrogen-bond donors (Lipinski definition) is 1. The lowest BCUT2D eigenvalue weighted by Gasteiger charge is -2.36. The van der Waals surface area contributed by atoms with E-state index in [-0.39, 0.29) is 5.92 Å². The molecule has 29 heavy (non-hydrogen) atoms. The summed E-state index contributed by atoms with van der Waals surface area (Å²) in [6.07, 6.45) is 6.76. The summed E-state index contributed by atoms with van der Waals surface area (Å²) in [5, 5.41) is 0. The first-order valence-corrected chi connectivity index (χ1v) is 10.8. The number of nitrogens with zero attached hydrogens (tertiary/aromatic N) is 5. The second-order valence-electron chi connectivity index (χ2n) is 8.78. The summed E-state index contributed by atoms with van der Waals surface area (Å²) in [5.74, 6) is 2.81. The van der Waals surface area contributed by atoms with Gasteiger partial charge < -0.3 is 14.8 Å². The highest BCUT2D eigenvalue weighted by atomic mass is 16.2. The van der Waals surface area contributed by atoms with Crippen LogP contribution in [-0.4, -0.2) is 68.9 Å². The number of H-pyrrole nitrogens is 1. The van der Waals surface area contributed by atoms with Crippen LogP contribution in [0.2, 0.25) is 0 Å². The first kappa shape index (κ1) is 20.0. The van der Waals surface area contributed by atoms with Crippen LogP contribution in [0.5, 0.6) is 0 Å². The molecule has 2 aromatic rings. The molecule has 1 N–H and O–H groups in total. The van der Waals surface area contributed by atoms with Gasteiger partial charge in [0.1, 0.15) is 11.5 Å². The molecule has 0 radical (unpaired) electrons. The van der Waals surface area contributed by atoms with E-state index in [1.165, 1.54) is 0 Å². The minimum atomic E-state index is 0.224. The molecule has 2 aromatic heterocycles. The highest BCUT2D eigenvalue weighted by molar-refractivity contribution is 5.79. The zero-order valence-corrected chi connectivity index (χ0v) is 17.8. The summed E-state index contributed by atoms with van der Waals surface area (Å²) >= 11 is 0. The van der Waals surface area contributed by atoms with Gasteiger partial charge in [-0.15, -0.1) is 0 Å². The summed E-state index contributed by atoms with van der Waals surface area (Å²) in [7, 11) is 2.14. The normalized spacial score (nSPS) is 19.6. The Morgan fingerprint density at radius 3 is 2.48 bits per heavy atom. The Morgan fingerprint density at radius 2 is 1.83 bits per heavy atom. The van der Waals surface area contributed by atoms with Gasteiger partial charge in [-0.1, -0.05) is 0 Å². The second-order valence-corrected chi connectivity index (χ2v) is 8.78. The lowest BCUT2D eigenvalue weighted by atomic mass is 9.90. The van der Waals surface area contributed by atoms with E-state index < -0.39 is 0 Å². The van der Waals surface area contributed by atoms with E-state index in [1.54, 1.807) is 0 Å². The van der Waals surface area contributed by atoms with Gasteiger partial charge in [0.25, 0.3) is 0 Å². The van der Waals surface area contributed by atoms with Crippen molar-refractivity contribution in [1.82, 2.24) is 29.7 Å². The second kappa shape index (κ2) is 8.61. The first-order valence-electron chi connectivity index (χ1n) is 10.8. The number of aromatic amines is 1. The molecule has 7 heteroatoms. The van der Waals surface area contributed by atoms with Crippen molar-refractivity contribution in [2.24, 2.45) is 11.8 Å². The van der Waals surface area contributed by atoms with Crippen LogP contribution in [0, 0.1) is 25.7 Å². The maximum absolute atomic E-state index is 12.8. The van der Waals surface area contributed by atoms with Crippen LogP contribution in [-0.2, 0) is 11.2 Å². The predicted molar refractivity (Wildman–Crippen MR) is 112 cm³/mol. The number of aromatic nitrogens is 4. The molecular weight excluding hydrogens is 364 g/mol. The maximum atomic E-state index is 12.8. The largest absolute Gasteiger partial charge is 0.342 e. The van der Waals surface area contributed by atoms with Crippen LogP contribution < -0.4 is 0 Å². The van der Waals surface area contributed by atoms with Crippen molar-refractivity contribution in [3.8, 4) is 11.5 Å². The maximum Gasteiger partial charge on any atom is 0.225 e. The van der Waals surface area contributed by atoms with E-state index in [0.717, 1.165) is 87.0 Å². The van der Waals surface area contributed by atoms with Gasteiger partial charge in [-0.2, -0.15) is 0 Å². The number of carbonyl (C=O) groups excluding carboxylic acids is 1. The Kier molecular flexibility index (Phi) is 5.94. The molecule has 0 unspecified atom stereocenters. The van der Waals surface area contributed by atoms with Crippen molar-refractivity contribution in [2.75, 3.05) is 33.2 Å². The number of nitrogens with one attached hydrogen (secondary N) is 1. The Hall–Kier alpha value is -2.28. The zero-order chi connectivity index (χ0) is 20.4. The van der Waals surface area contributed by atoms with Crippen molar-refractivity contribution < 1.29 is 4.79 Å². The molecule has 0 spiro atoms. The summed E-state index contributed by atoms with van der Waals surface area (Å²) < 4.78 is 0. The van der Waals surface area contributed by atoms with E-state index in [9.17, 15) is 4.79 Å². The number of piperidine rings is 2. The Bertz CT molecular complexity index is 847. The minimum Gasteiger partial charge on any atom is -0.342 e. The standard InChI is InChI=1S/C22H32N6O/c1-15-12-19(21-23-14-16(2)25-21)26-20(24-15)13-17-4-10-28(11-5-17)22(29)18-6-8-27(3)9-7-18/h12,14,17-18H,4-11,13H2,1-3H3,(H,23,25). The minimum absolute atomic E-state index is 0.224. The number of likely N-dealkylation sites (tertiary alicyclic amines) is 2. The number of amides is 1. The van der Waals surface area contributed by atoms with Gasteiger partial charge in [0.2, 0.25) is 5.91 Å². The monoisotopic (exact) mass is 396 g/mol. The highest BCUT2D eigenvalue weighted by Gasteiger charge is 2.30. The summed E-state index contributed by atoms with van der Waals surface area (Å²) in [4.78, 5) is 34.3. The number of rotatable bonds is 4. The third-order valence-corrected chi connectivity index (χ3v) is 6.31. The molecule has 7 nitrogen and oxygen atoms in total. The average molecular weight is 397 g/mol. The van der Waals surface area contributed by atoms with Gasteiger partial charge in [-0.25, -0.2) is 15.0 Å². The lowest BCUT2D eigenvalue weighted by Crippen LogP contribution is -2.45. The molecule has 2 saturated heterocycles. The molecule has 2 aliphatic rings. The fourth-order valence-electron chi connectivity index (χ4n) is 4.51. The molecule has 2 aliphatic heterocycles. The zero-order valence-electron chi connectivity index (χ0n) is 17.8. The van der Waals surface area contributed by atoms with Crippen LogP contribution in [0.15, 0.2) is 12.3 Å². The molecule has 0 aliphatic carbocycles. The van der Waals surface area contributed by atoms with Crippen LogP contribution in [0.1, 0.15) is 42.9 Å². The van der Waals surface area contributed by atoms with Gasteiger partial charge >= 0.3 is 0 Å². The topological polar surface area (TPSA) is 78.0 Å². The van der Waals surface area contributed by atoms with Crippen molar-refractivity contribution in [1.29, 1.82) is 0 Å². The fraction of sp³-hybridized carbons (Fsp3) is 0.636. The van der Waals surface area contributed by atoms with Crippen molar-refractivity contribution in [3.05, 3.63) is 29.5 Å². The number of aryl methyl sites for hydroxylation is 2. The van der Waals surface area contributed by atoms with Gasteiger partial charge in [0.05, 0.1) is 0 Å². The molecule has 2 fully saturated rings. The fourth-order valence-corrected chi connectivity index (χ4v) is 4.51. The van der Waals surface area contributed by atoms with E-state index >= 15 is 0 Å². The lowest BCUT2D eigenvalue weighted by molar-refractivity contribution is -0.138. The van der Waals surface area contributed by atoms with Crippen LogP contribution >= 0.6 is 0 Å². The molecule has 0 saturated carbocycles. The van der Waals surface area contributed by atoms with Gasteiger partial charge in [-0.05, 0) is 71.7 Å². The quantitative estimate of drug-likeness (QED) is 0.859. The summed E-state index contributed by atoms with van der Waals surface area (Å²) in [6, 6.07) is 1.98. The number of hydrogen-bond acceptors (Lipinski definition) is 5. The molecule has 156 valence electrons.